The second kappa shape index (κ2) is 2.58. The molecule has 3 heteroatoms. The minimum Gasteiger partial charge on any atom is -0.395 e. The minimum absolute atomic E-state index is 0.0580. The molecule has 0 spiro atoms. The van der Waals surface area contributed by atoms with Crippen molar-refractivity contribution in [3.05, 3.63) is 17.0 Å². The molecule has 1 heterocycles. The predicted molar refractivity (Wildman–Crippen MR) is 50.7 cm³/mol. The average Bonchev–Trinajstić information content (AvgIpc) is 2.81. The van der Waals surface area contributed by atoms with E-state index in [9.17, 15) is 5.11 Å². The first-order valence-corrected chi connectivity index (χ1v) is 4.72. The Labute approximate surface area is 78.4 Å². The maximum Gasteiger partial charge on any atom is 0.0634 e. The molecule has 1 aromatic rings. The van der Waals surface area contributed by atoms with E-state index in [-0.39, 0.29) is 12.0 Å². The standard InChI is InChI=1S/C10H16N2O/c1-7-9(8(2)12(3)11-7)10(6-13)4-5-10/h13H,4-6H2,1-3H3. The van der Waals surface area contributed by atoms with Gasteiger partial charge in [-0.15, -0.1) is 0 Å². The third-order valence-corrected chi connectivity index (χ3v) is 3.20. The molecule has 0 bridgehead atoms. The number of nitrogens with zero attached hydrogens (tertiary/aromatic N) is 2. The molecule has 1 N–H and O–H groups in total. The summed E-state index contributed by atoms with van der Waals surface area (Å²) in [6.45, 7) is 4.36. The van der Waals surface area contributed by atoms with E-state index in [0.29, 0.717) is 0 Å². The van der Waals surface area contributed by atoms with E-state index in [2.05, 4.69) is 12.0 Å². The van der Waals surface area contributed by atoms with Gasteiger partial charge in [0, 0.05) is 23.7 Å². The molecule has 13 heavy (non-hydrogen) atoms. The lowest BCUT2D eigenvalue weighted by Gasteiger charge is -2.11. The van der Waals surface area contributed by atoms with Crippen molar-refractivity contribution in [1.82, 2.24) is 9.78 Å². The SMILES string of the molecule is Cc1nn(C)c(C)c1C1(CO)CC1. The number of aliphatic hydroxyl groups excluding tert-OH is 1. The van der Waals surface area contributed by atoms with Crippen molar-refractivity contribution in [2.75, 3.05) is 6.61 Å². The molecule has 0 atom stereocenters. The zero-order valence-corrected chi connectivity index (χ0v) is 8.46. The molecule has 0 amide bonds. The van der Waals surface area contributed by atoms with Crippen molar-refractivity contribution >= 4 is 0 Å². The van der Waals surface area contributed by atoms with Gasteiger partial charge in [-0.1, -0.05) is 0 Å². The van der Waals surface area contributed by atoms with E-state index in [1.54, 1.807) is 0 Å². The Balaban J connectivity index is 2.50. The molecule has 1 saturated carbocycles. The number of aliphatic hydroxyl groups is 1. The summed E-state index contributed by atoms with van der Waals surface area (Å²) in [4.78, 5) is 0. The highest BCUT2D eigenvalue weighted by Crippen LogP contribution is 2.49. The summed E-state index contributed by atoms with van der Waals surface area (Å²) >= 11 is 0. The second-order valence-corrected chi connectivity index (χ2v) is 4.11. The molecule has 2 rings (SSSR count). The van der Waals surface area contributed by atoms with E-state index in [4.69, 9.17) is 0 Å². The Morgan fingerprint density at radius 3 is 2.38 bits per heavy atom. The molecule has 0 radical (unpaired) electrons. The lowest BCUT2D eigenvalue weighted by molar-refractivity contribution is 0.254. The van der Waals surface area contributed by atoms with Gasteiger partial charge >= 0.3 is 0 Å². The van der Waals surface area contributed by atoms with Crippen molar-refractivity contribution in [2.45, 2.75) is 32.1 Å². The van der Waals surface area contributed by atoms with Crippen LogP contribution in [0.3, 0.4) is 0 Å². The Hall–Kier alpha value is -0.830. The number of aryl methyl sites for hydroxylation is 2. The zero-order chi connectivity index (χ0) is 9.64. The zero-order valence-electron chi connectivity index (χ0n) is 8.46. The van der Waals surface area contributed by atoms with Crippen LogP contribution in [0.1, 0.15) is 29.8 Å². The highest BCUT2D eigenvalue weighted by molar-refractivity contribution is 5.38. The maximum absolute atomic E-state index is 9.33. The molecule has 1 fully saturated rings. The minimum atomic E-state index is 0.0580. The summed E-state index contributed by atoms with van der Waals surface area (Å²) in [6.07, 6.45) is 2.22. The van der Waals surface area contributed by atoms with E-state index in [1.807, 2.05) is 18.7 Å². The first-order chi connectivity index (χ1) is 6.10. The topological polar surface area (TPSA) is 38.0 Å². The largest absolute Gasteiger partial charge is 0.395 e. The normalized spacial score (nSPS) is 19.1. The molecule has 1 aliphatic rings. The Bertz CT molecular complexity index is 337. The van der Waals surface area contributed by atoms with Crippen molar-refractivity contribution in [3.63, 3.8) is 0 Å². The molecule has 1 aliphatic carbocycles. The first-order valence-electron chi connectivity index (χ1n) is 4.72. The van der Waals surface area contributed by atoms with Gasteiger partial charge in [0.2, 0.25) is 0 Å². The van der Waals surface area contributed by atoms with Crippen LogP contribution in [0.4, 0.5) is 0 Å². The van der Waals surface area contributed by atoms with Crippen LogP contribution in [-0.2, 0) is 12.5 Å². The molecule has 1 aromatic heterocycles. The van der Waals surface area contributed by atoms with E-state index < -0.39 is 0 Å². The van der Waals surface area contributed by atoms with E-state index in [0.717, 1.165) is 18.5 Å². The number of rotatable bonds is 2. The van der Waals surface area contributed by atoms with Crippen LogP contribution in [0.25, 0.3) is 0 Å². The van der Waals surface area contributed by atoms with Crippen LogP contribution in [0.2, 0.25) is 0 Å². The first kappa shape index (κ1) is 8.75. The second-order valence-electron chi connectivity index (χ2n) is 4.11. The van der Waals surface area contributed by atoms with Gasteiger partial charge in [-0.2, -0.15) is 5.10 Å². The van der Waals surface area contributed by atoms with Crippen LogP contribution in [-0.4, -0.2) is 21.5 Å². The van der Waals surface area contributed by atoms with E-state index in [1.165, 1.54) is 11.3 Å². The lowest BCUT2D eigenvalue weighted by Crippen LogP contribution is -2.14. The van der Waals surface area contributed by atoms with Gasteiger partial charge in [-0.25, -0.2) is 0 Å². The molecule has 0 unspecified atom stereocenters. The van der Waals surface area contributed by atoms with Crippen LogP contribution >= 0.6 is 0 Å². The monoisotopic (exact) mass is 180 g/mol. The van der Waals surface area contributed by atoms with Crippen molar-refractivity contribution in [1.29, 1.82) is 0 Å². The molecule has 0 aliphatic heterocycles. The summed E-state index contributed by atoms with van der Waals surface area (Å²) in [6, 6.07) is 0. The van der Waals surface area contributed by atoms with Gasteiger partial charge in [0.15, 0.2) is 0 Å². The maximum atomic E-state index is 9.33. The van der Waals surface area contributed by atoms with Gasteiger partial charge in [0.1, 0.15) is 0 Å². The number of hydrogen-bond acceptors (Lipinski definition) is 2. The molecule has 0 saturated heterocycles. The summed E-state index contributed by atoms with van der Waals surface area (Å²) in [7, 11) is 1.96. The average molecular weight is 180 g/mol. The quantitative estimate of drug-likeness (QED) is 0.739. The summed E-state index contributed by atoms with van der Waals surface area (Å²) < 4.78 is 1.90. The van der Waals surface area contributed by atoms with Gasteiger partial charge in [-0.3, -0.25) is 4.68 Å². The van der Waals surface area contributed by atoms with Crippen LogP contribution < -0.4 is 0 Å². The molecule has 3 nitrogen and oxygen atoms in total. The Morgan fingerprint density at radius 2 is 2.08 bits per heavy atom. The Morgan fingerprint density at radius 1 is 1.46 bits per heavy atom. The third kappa shape index (κ3) is 1.10. The molecular weight excluding hydrogens is 164 g/mol. The van der Waals surface area contributed by atoms with Gasteiger partial charge in [-0.05, 0) is 26.7 Å². The highest BCUT2D eigenvalue weighted by Gasteiger charge is 2.46. The fraction of sp³-hybridized carbons (Fsp3) is 0.700. The summed E-state index contributed by atoms with van der Waals surface area (Å²) in [5.41, 5.74) is 3.61. The van der Waals surface area contributed by atoms with Crippen LogP contribution in [0.5, 0.6) is 0 Å². The van der Waals surface area contributed by atoms with Crippen molar-refractivity contribution in [2.24, 2.45) is 7.05 Å². The summed E-state index contributed by atoms with van der Waals surface area (Å²) in [5.74, 6) is 0. The molecule has 0 aromatic carbocycles. The third-order valence-electron chi connectivity index (χ3n) is 3.20. The van der Waals surface area contributed by atoms with Crippen molar-refractivity contribution in [3.8, 4) is 0 Å². The predicted octanol–water partition coefficient (Wildman–Crippen LogP) is 1.06. The molecule has 72 valence electrons. The number of hydrogen-bond donors (Lipinski definition) is 1. The number of aromatic nitrogens is 2. The van der Waals surface area contributed by atoms with Crippen LogP contribution in [0.15, 0.2) is 0 Å². The fourth-order valence-electron chi connectivity index (χ4n) is 2.18. The highest BCUT2D eigenvalue weighted by atomic mass is 16.3. The molecular formula is C10H16N2O. The lowest BCUT2D eigenvalue weighted by atomic mass is 9.95. The van der Waals surface area contributed by atoms with Gasteiger partial charge in [0.05, 0.1) is 12.3 Å². The summed E-state index contributed by atoms with van der Waals surface area (Å²) in [5, 5.41) is 13.7. The Kier molecular flexibility index (Phi) is 1.74. The fourth-order valence-corrected chi connectivity index (χ4v) is 2.18. The van der Waals surface area contributed by atoms with Crippen molar-refractivity contribution < 1.29 is 5.11 Å². The van der Waals surface area contributed by atoms with Gasteiger partial charge in [0.25, 0.3) is 0 Å². The smallest absolute Gasteiger partial charge is 0.0634 e. The van der Waals surface area contributed by atoms with Crippen LogP contribution in [0, 0.1) is 13.8 Å². The van der Waals surface area contributed by atoms with E-state index >= 15 is 0 Å². The van der Waals surface area contributed by atoms with Gasteiger partial charge < -0.3 is 5.11 Å².